The van der Waals surface area contributed by atoms with E-state index in [1.807, 2.05) is 16.7 Å². The number of hydrogen-bond donors (Lipinski definition) is 0. The normalized spacial score (nSPS) is 11.2. The maximum absolute atomic E-state index is 12.6. The highest BCUT2D eigenvalue weighted by molar-refractivity contribution is 6.35. The van der Waals surface area contributed by atoms with Gasteiger partial charge in [-0.15, -0.1) is 0 Å². The fourth-order valence-corrected chi connectivity index (χ4v) is 3.43. The number of rotatable bonds is 6. The molecule has 0 saturated carbocycles. The number of benzene rings is 2. The summed E-state index contributed by atoms with van der Waals surface area (Å²) in [4.78, 5) is 23.0. The number of furan rings is 1. The van der Waals surface area contributed by atoms with Gasteiger partial charge in [0.15, 0.2) is 5.76 Å². The second-order valence-corrected chi connectivity index (χ2v) is 7.41. The van der Waals surface area contributed by atoms with E-state index < -0.39 is 4.92 Å². The van der Waals surface area contributed by atoms with E-state index in [0.29, 0.717) is 21.4 Å². The summed E-state index contributed by atoms with van der Waals surface area (Å²) in [7, 11) is 0. The number of nitro groups is 1. The molecule has 2 heterocycles. The van der Waals surface area contributed by atoms with Gasteiger partial charge >= 0.3 is 0 Å². The SMILES string of the molecule is O=C(/C=C/c1cccn1-c1ccc([N+](=O)[O-])cc1)c1ccc(-c2cc(Cl)ccc2Cl)o1. The molecule has 0 aliphatic carbocycles. The Bertz CT molecular complexity index is 1300. The lowest BCUT2D eigenvalue weighted by Gasteiger charge is -2.06. The Morgan fingerprint density at radius 2 is 1.81 bits per heavy atom. The molecule has 0 spiro atoms. The molecule has 0 aliphatic heterocycles. The molecule has 0 N–H and O–H groups in total. The van der Waals surface area contributed by atoms with Crippen molar-refractivity contribution in [3.05, 3.63) is 111 Å². The van der Waals surface area contributed by atoms with Crippen LogP contribution in [-0.2, 0) is 0 Å². The van der Waals surface area contributed by atoms with E-state index >= 15 is 0 Å². The monoisotopic (exact) mass is 452 g/mol. The topological polar surface area (TPSA) is 78.3 Å². The average molecular weight is 453 g/mol. The van der Waals surface area contributed by atoms with Gasteiger partial charge in [-0.3, -0.25) is 14.9 Å². The molecule has 0 unspecified atom stereocenters. The van der Waals surface area contributed by atoms with E-state index in [1.54, 1.807) is 54.7 Å². The minimum absolute atomic E-state index is 0.0107. The van der Waals surface area contributed by atoms with Crippen LogP contribution in [0.5, 0.6) is 0 Å². The average Bonchev–Trinajstić information content (AvgIpc) is 3.43. The Balaban J connectivity index is 1.55. The van der Waals surface area contributed by atoms with Crippen molar-refractivity contribution in [1.29, 1.82) is 0 Å². The van der Waals surface area contributed by atoms with Gasteiger partial charge in [-0.1, -0.05) is 23.2 Å². The maximum Gasteiger partial charge on any atom is 0.269 e. The molecule has 0 amide bonds. The first kappa shape index (κ1) is 20.7. The smallest absolute Gasteiger partial charge is 0.269 e. The Kier molecular flexibility index (Phi) is 5.75. The molecule has 6 nitrogen and oxygen atoms in total. The molecule has 0 fully saturated rings. The zero-order chi connectivity index (χ0) is 22.0. The molecule has 0 atom stereocenters. The highest BCUT2D eigenvalue weighted by atomic mass is 35.5. The lowest BCUT2D eigenvalue weighted by atomic mass is 10.2. The number of halogens is 2. The molecule has 31 heavy (non-hydrogen) atoms. The van der Waals surface area contributed by atoms with Gasteiger partial charge in [0.25, 0.3) is 5.69 Å². The molecular weight excluding hydrogens is 439 g/mol. The first-order chi connectivity index (χ1) is 14.9. The number of non-ortho nitro benzene ring substituents is 1. The molecule has 0 saturated heterocycles. The quantitative estimate of drug-likeness (QED) is 0.138. The molecule has 0 radical (unpaired) electrons. The van der Waals surface area contributed by atoms with Crippen LogP contribution in [0.15, 0.2) is 83.4 Å². The van der Waals surface area contributed by atoms with Crippen molar-refractivity contribution in [3.63, 3.8) is 0 Å². The summed E-state index contributed by atoms with van der Waals surface area (Å²) < 4.78 is 7.49. The Morgan fingerprint density at radius 1 is 1.03 bits per heavy atom. The molecule has 4 rings (SSSR count). The number of nitro benzene ring substituents is 1. The van der Waals surface area contributed by atoms with E-state index in [-0.39, 0.29) is 17.2 Å². The van der Waals surface area contributed by atoms with Crippen LogP contribution in [0, 0.1) is 10.1 Å². The summed E-state index contributed by atoms with van der Waals surface area (Å²) in [6.07, 6.45) is 4.86. The van der Waals surface area contributed by atoms with Crippen molar-refractivity contribution in [2.45, 2.75) is 0 Å². The van der Waals surface area contributed by atoms with Crippen LogP contribution in [0.4, 0.5) is 5.69 Å². The van der Waals surface area contributed by atoms with E-state index in [9.17, 15) is 14.9 Å². The van der Waals surface area contributed by atoms with Crippen molar-refractivity contribution in [3.8, 4) is 17.0 Å². The van der Waals surface area contributed by atoms with E-state index in [0.717, 1.165) is 11.4 Å². The summed E-state index contributed by atoms with van der Waals surface area (Å²) in [6.45, 7) is 0. The minimum atomic E-state index is -0.451. The number of nitrogens with zero attached hydrogens (tertiary/aromatic N) is 2. The number of ketones is 1. The maximum atomic E-state index is 12.6. The van der Waals surface area contributed by atoms with Gasteiger partial charge in [-0.2, -0.15) is 0 Å². The van der Waals surface area contributed by atoms with E-state index in [2.05, 4.69) is 0 Å². The fourth-order valence-electron chi connectivity index (χ4n) is 3.04. The van der Waals surface area contributed by atoms with Gasteiger partial charge in [0.1, 0.15) is 5.76 Å². The molecule has 2 aromatic carbocycles. The third kappa shape index (κ3) is 4.45. The van der Waals surface area contributed by atoms with Gasteiger partial charge in [-0.05, 0) is 66.7 Å². The number of carbonyl (C=O) groups is 1. The number of aromatic nitrogens is 1. The third-order valence-corrected chi connectivity index (χ3v) is 5.13. The second-order valence-electron chi connectivity index (χ2n) is 6.56. The molecule has 2 aromatic heterocycles. The van der Waals surface area contributed by atoms with Gasteiger partial charge < -0.3 is 8.98 Å². The Morgan fingerprint density at radius 3 is 2.55 bits per heavy atom. The van der Waals surface area contributed by atoms with Gasteiger partial charge in [0.2, 0.25) is 5.78 Å². The van der Waals surface area contributed by atoms with E-state index in [4.69, 9.17) is 27.6 Å². The van der Waals surface area contributed by atoms with Crippen molar-refractivity contribution in [2.75, 3.05) is 0 Å². The van der Waals surface area contributed by atoms with Crippen LogP contribution in [0.3, 0.4) is 0 Å². The van der Waals surface area contributed by atoms with Gasteiger partial charge in [-0.25, -0.2) is 0 Å². The van der Waals surface area contributed by atoms with Crippen LogP contribution in [0.1, 0.15) is 16.2 Å². The molecule has 8 heteroatoms. The summed E-state index contributed by atoms with van der Waals surface area (Å²) >= 11 is 12.2. The third-order valence-electron chi connectivity index (χ3n) is 4.57. The lowest BCUT2D eigenvalue weighted by molar-refractivity contribution is -0.384. The lowest BCUT2D eigenvalue weighted by Crippen LogP contribution is -1.96. The standard InChI is InChI=1S/C23H14Cl2N2O4/c24-15-3-9-20(25)19(14-15)22-11-12-23(31-22)21(28)10-8-16-2-1-13-26(16)17-4-6-18(7-5-17)27(29)30/h1-14H/b10-8+. The predicted molar refractivity (Wildman–Crippen MR) is 120 cm³/mol. The van der Waals surface area contributed by atoms with Crippen molar-refractivity contribution >= 4 is 40.7 Å². The fraction of sp³-hybridized carbons (Fsp3) is 0. The van der Waals surface area contributed by atoms with Crippen LogP contribution < -0.4 is 0 Å². The van der Waals surface area contributed by atoms with Crippen LogP contribution in [0.2, 0.25) is 10.0 Å². The molecule has 4 aromatic rings. The molecule has 0 aliphatic rings. The molecular formula is C23H14Cl2N2O4. The molecule has 154 valence electrons. The summed E-state index contributed by atoms with van der Waals surface area (Å²) in [5, 5.41) is 11.8. The first-order valence-electron chi connectivity index (χ1n) is 9.12. The summed E-state index contributed by atoms with van der Waals surface area (Å²) in [6, 6.07) is 18.0. The van der Waals surface area contributed by atoms with Crippen LogP contribution in [0.25, 0.3) is 23.1 Å². The largest absolute Gasteiger partial charge is 0.453 e. The number of allylic oxidation sites excluding steroid dienone is 1. The summed E-state index contributed by atoms with van der Waals surface area (Å²) in [5.41, 5.74) is 2.08. The Hall–Kier alpha value is -3.61. The first-order valence-corrected chi connectivity index (χ1v) is 9.88. The zero-order valence-electron chi connectivity index (χ0n) is 15.9. The Labute approximate surface area is 187 Å². The second kappa shape index (κ2) is 8.63. The van der Waals surface area contributed by atoms with Crippen molar-refractivity contribution in [2.24, 2.45) is 0 Å². The van der Waals surface area contributed by atoms with Crippen molar-refractivity contribution in [1.82, 2.24) is 4.57 Å². The molecule has 0 bridgehead atoms. The number of hydrogen-bond acceptors (Lipinski definition) is 4. The zero-order valence-corrected chi connectivity index (χ0v) is 17.4. The van der Waals surface area contributed by atoms with Gasteiger partial charge in [0, 0.05) is 40.3 Å². The van der Waals surface area contributed by atoms with Gasteiger partial charge in [0.05, 0.1) is 9.95 Å². The number of carbonyl (C=O) groups excluding carboxylic acids is 1. The van der Waals surface area contributed by atoms with Crippen LogP contribution >= 0.6 is 23.2 Å². The van der Waals surface area contributed by atoms with E-state index in [1.165, 1.54) is 18.2 Å². The summed E-state index contributed by atoms with van der Waals surface area (Å²) in [5.74, 6) is 0.287. The highest BCUT2D eigenvalue weighted by Gasteiger charge is 2.13. The van der Waals surface area contributed by atoms with Crippen LogP contribution in [-0.4, -0.2) is 15.3 Å². The predicted octanol–water partition coefficient (Wildman–Crippen LogP) is 6.85. The van der Waals surface area contributed by atoms with Crippen molar-refractivity contribution < 1.29 is 14.1 Å². The highest BCUT2D eigenvalue weighted by Crippen LogP contribution is 2.32. The minimum Gasteiger partial charge on any atom is -0.453 e.